The molecule has 2 aromatic heterocycles. The molecule has 2 aliphatic heterocycles. The molecule has 1 aliphatic carbocycles. The van der Waals surface area contributed by atoms with Crippen molar-refractivity contribution in [2.45, 2.75) is 43.6 Å². The first-order valence-electron chi connectivity index (χ1n) is 15.5. The number of aromatic nitrogens is 3. The van der Waals surface area contributed by atoms with Gasteiger partial charge in [-0.1, -0.05) is 17.9 Å². The average Bonchev–Trinajstić information content (AvgIpc) is 3.65. The standard InChI is InChI=1S/C33H34F2N8O2S/c1-3-24(44)42-12-14-43(15-13-42)30-21-16-22(33(18-36)9-5-10-33)25(20-7-8-23(34)29-28(20)38-31(37)46-29)26(35)27(21)39-32(40-30)45-17-19-6-4-11-41(19)2/h3,7-8,16,19H,1,4-6,9-15,17H2,2H3,(H2,37,38). The fourth-order valence-corrected chi connectivity index (χ4v) is 7.70. The number of halogens is 2. The van der Waals surface area contributed by atoms with E-state index in [0.29, 0.717) is 68.0 Å². The molecule has 13 heteroatoms. The molecule has 1 saturated carbocycles. The minimum Gasteiger partial charge on any atom is -0.462 e. The maximum absolute atomic E-state index is 17.3. The third-order valence-corrected chi connectivity index (χ3v) is 10.6. The Balaban J connectivity index is 1.43. The Kier molecular flexibility index (Phi) is 7.73. The predicted molar refractivity (Wildman–Crippen MR) is 174 cm³/mol. The second-order valence-electron chi connectivity index (χ2n) is 12.3. The van der Waals surface area contributed by atoms with Crippen LogP contribution in [0.4, 0.5) is 19.7 Å². The Bertz CT molecular complexity index is 1910. The molecule has 0 spiro atoms. The quantitative estimate of drug-likeness (QED) is 0.276. The molecule has 3 aliphatic rings. The summed E-state index contributed by atoms with van der Waals surface area (Å²) in [5.74, 6) is -0.822. The van der Waals surface area contributed by atoms with E-state index in [2.05, 4.69) is 27.5 Å². The Hall–Kier alpha value is -4.41. The molecule has 1 unspecified atom stereocenters. The number of nitrogens with two attached hydrogens (primary N) is 1. The summed E-state index contributed by atoms with van der Waals surface area (Å²) in [7, 11) is 2.05. The van der Waals surface area contributed by atoms with Crippen LogP contribution in [-0.2, 0) is 10.2 Å². The van der Waals surface area contributed by atoms with Crippen LogP contribution in [0.3, 0.4) is 0 Å². The molecule has 0 bridgehead atoms. The molecule has 10 nitrogen and oxygen atoms in total. The molecular weight excluding hydrogens is 610 g/mol. The van der Waals surface area contributed by atoms with Crippen LogP contribution in [0.1, 0.15) is 37.7 Å². The molecule has 4 aromatic rings. The molecular formula is C33H34F2N8O2S. The first kappa shape index (κ1) is 30.3. The number of thiazole rings is 1. The van der Waals surface area contributed by atoms with Crippen LogP contribution in [0.2, 0.25) is 0 Å². The van der Waals surface area contributed by atoms with Gasteiger partial charge in [0.05, 0.1) is 21.7 Å². The van der Waals surface area contributed by atoms with Crippen molar-refractivity contribution in [2.75, 3.05) is 57.0 Å². The molecule has 46 heavy (non-hydrogen) atoms. The van der Waals surface area contributed by atoms with Crippen LogP contribution in [0.5, 0.6) is 6.01 Å². The predicted octanol–water partition coefficient (Wildman–Crippen LogP) is 5.02. The van der Waals surface area contributed by atoms with Gasteiger partial charge in [0.2, 0.25) is 5.91 Å². The number of hydrogen-bond donors (Lipinski definition) is 1. The number of piperazine rings is 1. The number of nitrogen functional groups attached to an aromatic ring is 1. The smallest absolute Gasteiger partial charge is 0.319 e. The van der Waals surface area contributed by atoms with Gasteiger partial charge in [-0.15, -0.1) is 0 Å². The van der Waals surface area contributed by atoms with E-state index in [1.54, 1.807) is 4.90 Å². The number of nitrogens with zero attached hydrogens (tertiary/aromatic N) is 7. The number of rotatable bonds is 7. The second kappa shape index (κ2) is 11.7. The highest BCUT2D eigenvalue weighted by atomic mass is 32.1. The summed E-state index contributed by atoms with van der Waals surface area (Å²) >= 11 is 0.996. The van der Waals surface area contributed by atoms with Gasteiger partial charge in [-0.3, -0.25) is 4.79 Å². The van der Waals surface area contributed by atoms with Crippen molar-refractivity contribution in [1.29, 1.82) is 5.26 Å². The molecule has 1 amide bonds. The summed E-state index contributed by atoms with van der Waals surface area (Å²) in [4.78, 5) is 32.1. The molecule has 4 heterocycles. The van der Waals surface area contributed by atoms with Crippen molar-refractivity contribution < 1.29 is 18.3 Å². The highest BCUT2D eigenvalue weighted by Gasteiger charge is 2.43. The van der Waals surface area contributed by atoms with Gasteiger partial charge in [-0.25, -0.2) is 13.8 Å². The molecule has 238 valence electrons. The Morgan fingerprint density at radius 2 is 1.96 bits per heavy atom. The number of amides is 1. The normalized spacial score (nSPS) is 19.7. The Labute approximate surface area is 269 Å². The molecule has 7 rings (SSSR count). The molecule has 3 fully saturated rings. The molecule has 0 radical (unpaired) electrons. The van der Waals surface area contributed by atoms with Gasteiger partial charge in [0, 0.05) is 48.7 Å². The molecule has 2 N–H and O–H groups in total. The number of hydrogen-bond acceptors (Lipinski definition) is 10. The second-order valence-corrected chi connectivity index (χ2v) is 13.3. The zero-order chi connectivity index (χ0) is 32.2. The average molecular weight is 645 g/mol. The fraction of sp³-hybridized carbons (Fsp3) is 0.424. The van der Waals surface area contributed by atoms with Crippen LogP contribution in [0.15, 0.2) is 30.9 Å². The molecule has 2 saturated heterocycles. The highest BCUT2D eigenvalue weighted by Crippen LogP contribution is 2.51. The van der Waals surface area contributed by atoms with Crippen molar-refractivity contribution in [3.63, 3.8) is 0 Å². The van der Waals surface area contributed by atoms with E-state index in [4.69, 9.17) is 15.5 Å². The monoisotopic (exact) mass is 644 g/mol. The minimum absolute atomic E-state index is 0.0382. The van der Waals surface area contributed by atoms with E-state index in [-0.39, 0.29) is 44.4 Å². The number of likely N-dealkylation sites (tertiary alicyclic amines) is 1. The van der Waals surface area contributed by atoms with Crippen LogP contribution in [-0.4, -0.2) is 83.1 Å². The van der Waals surface area contributed by atoms with Gasteiger partial charge in [-0.05, 0) is 75.5 Å². The lowest BCUT2D eigenvalue weighted by Gasteiger charge is -2.38. The third-order valence-electron chi connectivity index (χ3n) is 9.75. The van der Waals surface area contributed by atoms with Crippen LogP contribution in [0, 0.1) is 23.0 Å². The number of benzene rings is 2. The van der Waals surface area contributed by atoms with E-state index in [0.717, 1.165) is 37.1 Å². The number of carbonyl (C=O) groups is 1. The van der Waals surface area contributed by atoms with E-state index < -0.39 is 17.0 Å². The zero-order valence-electron chi connectivity index (χ0n) is 25.6. The lowest BCUT2D eigenvalue weighted by Crippen LogP contribution is -2.48. The maximum Gasteiger partial charge on any atom is 0.319 e. The SMILES string of the molecule is C=CC(=O)N1CCN(c2nc(OCC3CCCN3C)nc3c(F)c(-c4ccc(F)c5sc(N)nc45)c(C4(C#N)CCC4)cc23)CC1. The molecule has 2 aromatic carbocycles. The summed E-state index contributed by atoms with van der Waals surface area (Å²) in [6, 6.07) is 7.31. The lowest BCUT2D eigenvalue weighted by atomic mass is 9.63. The number of fused-ring (bicyclic) bond motifs is 2. The maximum atomic E-state index is 17.3. The number of nitriles is 1. The largest absolute Gasteiger partial charge is 0.462 e. The van der Waals surface area contributed by atoms with E-state index in [1.807, 2.05) is 18.0 Å². The molecule has 1 atom stereocenters. The van der Waals surface area contributed by atoms with Crippen molar-refractivity contribution in [1.82, 2.24) is 24.8 Å². The number of carbonyl (C=O) groups excluding carboxylic acids is 1. The summed E-state index contributed by atoms with van der Waals surface area (Å²) in [6.07, 6.45) is 5.27. The summed E-state index contributed by atoms with van der Waals surface area (Å²) in [5, 5.41) is 11.1. The van der Waals surface area contributed by atoms with Gasteiger partial charge >= 0.3 is 6.01 Å². The van der Waals surface area contributed by atoms with Crippen LogP contribution < -0.4 is 15.4 Å². The van der Waals surface area contributed by atoms with Crippen LogP contribution in [0.25, 0.3) is 32.2 Å². The summed E-state index contributed by atoms with van der Waals surface area (Å²) in [5.41, 5.74) is 6.35. The Morgan fingerprint density at radius 3 is 2.61 bits per heavy atom. The van der Waals surface area contributed by atoms with Crippen LogP contribution >= 0.6 is 11.3 Å². The van der Waals surface area contributed by atoms with E-state index >= 15 is 4.39 Å². The fourth-order valence-electron chi connectivity index (χ4n) is 6.93. The first-order valence-corrected chi connectivity index (χ1v) is 16.3. The van der Waals surface area contributed by atoms with Crippen molar-refractivity contribution in [3.8, 4) is 23.2 Å². The lowest BCUT2D eigenvalue weighted by molar-refractivity contribution is -0.126. The zero-order valence-corrected chi connectivity index (χ0v) is 26.4. The van der Waals surface area contributed by atoms with Crippen molar-refractivity contribution in [3.05, 3.63) is 48.1 Å². The first-order chi connectivity index (χ1) is 22.2. The number of anilines is 2. The Morgan fingerprint density at radius 1 is 1.17 bits per heavy atom. The third kappa shape index (κ3) is 5.00. The van der Waals surface area contributed by atoms with Crippen molar-refractivity contribution in [2.24, 2.45) is 0 Å². The number of ether oxygens (including phenoxy) is 1. The highest BCUT2D eigenvalue weighted by molar-refractivity contribution is 7.22. The van der Waals surface area contributed by atoms with Gasteiger partial charge in [-0.2, -0.15) is 15.2 Å². The van der Waals surface area contributed by atoms with E-state index in [9.17, 15) is 14.4 Å². The van der Waals surface area contributed by atoms with Gasteiger partial charge in [0.25, 0.3) is 0 Å². The van der Waals surface area contributed by atoms with Gasteiger partial charge < -0.3 is 25.2 Å². The van der Waals surface area contributed by atoms with Gasteiger partial charge in [0.1, 0.15) is 23.8 Å². The minimum atomic E-state index is -0.943. The topological polar surface area (TPSA) is 124 Å². The van der Waals surface area contributed by atoms with E-state index in [1.165, 1.54) is 18.2 Å². The van der Waals surface area contributed by atoms with Gasteiger partial charge in [0.15, 0.2) is 10.9 Å². The number of likely N-dealkylation sites (N-methyl/N-ethyl adjacent to an activating group) is 1. The summed E-state index contributed by atoms with van der Waals surface area (Å²) < 4.78 is 38.6. The van der Waals surface area contributed by atoms with Crippen molar-refractivity contribution >= 4 is 49.3 Å². The summed E-state index contributed by atoms with van der Waals surface area (Å²) in [6.45, 7) is 6.71.